The average molecular weight is 131 g/mol. The Morgan fingerprint density at radius 2 is 2.30 bits per heavy atom. The molecular formula is C9H9N. The SMILES string of the molecule is C1=CC2=CC=NCCC2=C1. The summed E-state index contributed by atoms with van der Waals surface area (Å²) in [6.45, 7) is 0.938. The van der Waals surface area contributed by atoms with E-state index in [4.69, 9.17) is 0 Å². The van der Waals surface area contributed by atoms with Gasteiger partial charge in [0.2, 0.25) is 0 Å². The van der Waals surface area contributed by atoms with Crippen molar-refractivity contribution in [1.29, 1.82) is 0 Å². The molecule has 0 atom stereocenters. The molecule has 1 heteroatoms. The van der Waals surface area contributed by atoms with E-state index in [2.05, 4.69) is 29.3 Å². The van der Waals surface area contributed by atoms with Crippen molar-refractivity contribution in [2.75, 3.05) is 6.54 Å². The van der Waals surface area contributed by atoms with Crippen molar-refractivity contribution in [3.05, 3.63) is 35.5 Å². The van der Waals surface area contributed by atoms with Crippen LogP contribution in [0, 0.1) is 0 Å². The van der Waals surface area contributed by atoms with Crippen molar-refractivity contribution in [3.63, 3.8) is 0 Å². The lowest BCUT2D eigenvalue weighted by molar-refractivity contribution is 0.981. The first-order chi connectivity index (χ1) is 4.97. The van der Waals surface area contributed by atoms with Gasteiger partial charge in [-0.25, -0.2) is 0 Å². The molecule has 0 unspecified atom stereocenters. The molecule has 0 radical (unpaired) electrons. The van der Waals surface area contributed by atoms with Crippen LogP contribution in [-0.4, -0.2) is 12.8 Å². The summed E-state index contributed by atoms with van der Waals surface area (Å²) in [7, 11) is 0. The minimum atomic E-state index is 0.938. The van der Waals surface area contributed by atoms with E-state index in [9.17, 15) is 0 Å². The number of hydrogen-bond donors (Lipinski definition) is 0. The molecule has 1 nitrogen and oxygen atoms in total. The van der Waals surface area contributed by atoms with Crippen LogP contribution in [0.25, 0.3) is 0 Å². The number of fused-ring (bicyclic) bond motifs is 1. The van der Waals surface area contributed by atoms with Crippen LogP contribution in [0.15, 0.2) is 40.4 Å². The van der Waals surface area contributed by atoms with E-state index in [0.29, 0.717) is 0 Å². The van der Waals surface area contributed by atoms with Crippen LogP contribution in [0.2, 0.25) is 0 Å². The molecular weight excluding hydrogens is 122 g/mol. The molecule has 0 amide bonds. The summed E-state index contributed by atoms with van der Waals surface area (Å²) in [5.41, 5.74) is 2.76. The standard InChI is InChI=1S/C9H9N/c1-2-8-4-6-10-7-5-9(8)3-1/h1-4,6H,5,7H2. The van der Waals surface area contributed by atoms with E-state index in [1.165, 1.54) is 11.1 Å². The second-order valence-electron chi connectivity index (χ2n) is 2.48. The summed E-state index contributed by atoms with van der Waals surface area (Å²) in [5.74, 6) is 0. The predicted molar refractivity (Wildman–Crippen MR) is 43.3 cm³/mol. The van der Waals surface area contributed by atoms with Gasteiger partial charge in [-0.3, -0.25) is 4.99 Å². The van der Waals surface area contributed by atoms with Gasteiger partial charge in [0, 0.05) is 12.8 Å². The molecule has 0 bridgehead atoms. The number of allylic oxidation sites excluding steroid dienone is 5. The van der Waals surface area contributed by atoms with Crippen LogP contribution in [0.4, 0.5) is 0 Å². The Morgan fingerprint density at radius 1 is 1.30 bits per heavy atom. The Bertz CT molecular complexity index is 254. The molecule has 1 heterocycles. The fourth-order valence-corrected chi connectivity index (χ4v) is 1.25. The first-order valence-electron chi connectivity index (χ1n) is 3.54. The van der Waals surface area contributed by atoms with Gasteiger partial charge in [-0.1, -0.05) is 18.2 Å². The lowest BCUT2D eigenvalue weighted by Crippen LogP contribution is -1.83. The molecule has 1 aliphatic carbocycles. The molecule has 10 heavy (non-hydrogen) atoms. The van der Waals surface area contributed by atoms with Crippen molar-refractivity contribution in [2.45, 2.75) is 6.42 Å². The maximum absolute atomic E-state index is 4.18. The summed E-state index contributed by atoms with van der Waals surface area (Å²) >= 11 is 0. The number of aliphatic imine (C=N–C) groups is 1. The third kappa shape index (κ3) is 0.838. The van der Waals surface area contributed by atoms with E-state index >= 15 is 0 Å². The number of nitrogens with zero attached hydrogens (tertiary/aromatic N) is 1. The van der Waals surface area contributed by atoms with Gasteiger partial charge >= 0.3 is 0 Å². The zero-order chi connectivity index (χ0) is 6.81. The highest BCUT2D eigenvalue weighted by molar-refractivity contribution is 5.76. The molecule has 50 valence electrons. The van der Waals surface area contributed by atoms with Crippen LogP contribution >= 0.6 is 0 Å². The van der Waals surface area contributed by atoms with Gasteiger partial charge in [-0.05, 0) is 23.6 Å². The smallest absolute Gasteiger partial charge is 0.0429 e. The molecule has 0 fully saturated rings. The summed E-state index contributed by atoms with van der Waals surface area (Å²) in [4.78, 5) is 4.18. The molecule has 0 saturated heterocycles. The fraction of sp³-hybridized carbons (Fsp3) is 0.222. The van der Waals surface area contributed by atoms with E-state index in [1.54, 1.807) is 0 Å². The van der Waals surface area contributed by atoms with Crippen molar-refractivity contribution in [3.8, 4) is 0 Å². The van der Waals surface area contributed by atoms with Crippen LogP contribution in [0.5, 0.6) is 0 Å². The molecule has 0 saturated carbocycles. The Kier molecular flexibility index (Phi) is 1.28. The van der Waals surface area contributed by atoms with E-state index in [0.717, 1.165) is 13.0 Å². The lowest BCUT2D eigenvalue weighted by atomic mass is 10.1. The van der Waals surface area contributed by atoms with Crippen LogP contribution in [0.3, 0.4) is 0 Å². The minimum absolute atomic E-state index is 0.938. The van der Waals surface area contributed by atoms with Gasteiger partial charge in [0.1, 0.15) is 0 Å². The van der Waals surface area contributed by atoms with E-state index < -0.39 is 0 Å². The van der Waals surface area contributed by atoms with Crippen LogP contribution in [0.1, 0.15) is 6.42 Å². The maximum Gasteiger partial charge on any atom is 0.0429 e. The van der Waals surface area contributed by atoms with Crippen molar-refractivity contribution >= 4 is 6.21 Å². The third-order valence-corrected chi connectivity index (χ3v) is 1.81. The topological polar surface area (TPSA) is 12.4 Å². The monoisotopic (exact) mass is 131 g/mol. The van der Waals surface area contributed by atoms with Crippen molar-refractivity contribution in [2.24, 2.45) is 4.99 Å². The second kappa shape index (κ2) is 2.25. The molecule has 0 N–H and O–H groups in total. The highest BCUT2D eigenvalue weighted by Gasteiger charge is 2.06. The number of hydrogen-bond acceptors (Lipinski definition) is 1. The molecule has 0 aromatic heterocycles. The van der Waals surface area contributed by atoms with Gasteiger partial charge < -0.3 is 0 Å². The highest BCUT2D eigenvalue weighted by Crippen LogP contribution is 2.21. The van der Waals surface area contributed by atoms with Crippen molar-refractivity contribution < 1.29 is 0 Å². The summed E-state index contributed by atoms with van der Waals surface area (Å²) in [5, 5.41) is 0. The minimum Gasteiger partial charge on any atom is -0.293 e. The van der Waals surface area contributed by atoms with Crippen LogP contribution in [-0.2, 0) is 0 Å². The van der Waals surface area contributed by atoms with Crippen LogP contribution < -0.4 is 0 Å². The third-order valence-electron chi connectivity index (χ3n) is 1.81. The van der Waals surface area contributed by atoms with Gasteiger partial charge in [-0.15, -0.1) is 0 Å². The van der Waals surface area contributed by atoms with Gasteiger partial charge in [0.15, 0.2) is 0 Å². The van der Waals surface area contributed by atoms with E-state index in [1.807, 2.05) is 6.21 Å². The summed E-state index contributed by atoms with van der Waals surface area (Å²) in [6, 6.07) is 0. The Hall–Kier alpha value is -1.11. The first kappa shape index (κ1) is 5.66. The highest BCUT2D eigenvalue weighted by atomic mass is 14.7. The summed E-state index contributed by atoms with van der Waals surface area (Å²) in [6.07, 6.45) is 11.5. The van der Waals surface area contributed by atoms with Gasteiger partial charge in [0.05, 0.1) is 0 Å². The second-order valence-corrected chi connectivity index (χ2v) is 2.48. The summed E-state index contributed by atoms with van der Waals surface area (Å²) < 4.78 is 0. The Balaban J connectivity index is 2.36. The molecule has 0 spiro atoms. The Morgan fingerprint density at radius 3 is 3.30 bits per heavy atom. The predicted octanol–water partition coefficient (Wildman–Crippen LogP) is 1.88. The Labute approximate surface area is 60.5 Å². The first-order valence-corrected chi connectivity index (χ1v) is 3.54. The fourth-order valence-electron chi connectivity index (χ4n) is 1.25. The zero-order valence-electron chi connectivity index (χ0n) is 5.75. The van der Waals surface area contributed by atoms with Gasteiger partial charge in [-0.2, -0.15) is 0 Å². The number of rotatable bonds is 0. The largest absolute Gasteiger partial charge is 0.293 e. The molecule has 0 aromatic rings. The zero-order valence-corrected chi connectivity index (χ0v) is 5.75. The van der Waals surface area contributed by atoms with E-state index in [-0.39, 0.29) is 0 Å². The maximum atomic E-state index is 4.18. The van der Waals surface area contributed by atoms with Gasteiger partial charge in [0.25, 0.3) is 0 Å². The normalized spacial score (nSPS) is 21.6. The molecule has 1 aliphatic heterocycles. The quantitative estimate of drug-likeness (QED) is 0.476. The average Bonchev–Trinajstić information content (AvgIpc) is 2.28. The lowest BCUT2D eigenvalue weighted by Gasteiger charge is -1.97. The molecule has 2 rings (SSSR count). The molecule has 2 aliphatic rings. The molecule has 0 aromatic carbocycles. The van der Waals surface area contributed by atoms with Crippen molar-refractivity contribution in [1.82, 2.24) is 0 Å².